The molecule has 0 bridgehead atoms. The molecule has 2 N–H and O–H groups in total. The first-order chi connectivity index (χ1) is 10.5. The zero-order valence-electron chi connectivity index (χ0n) is 11.8. The van der Waals surface area contributed by atoms with Crippen LogP contribution in [0.2, 0.25) is 0 Å². The van der Waals surface area contributed by atoms with Gasteiger partial charge < -0.3 is 15.5 Å². The molecule has 1 heterocycles. The van der Waals surface area contributed by atoms with Crippen molar-refractivity contribution in [1.82, 2.24) is 4.98 Å². The van der Waals surface area contributed by atoms with E-state index >= 15 is 0 Å². The van der Waals surface area contributed by atoms with Gasteiger partial charge in [-0.15, -0.1) is 5.75 Å². The lowest BCUT2D eigenvalue weighted by Gasteiger charge is -2.14. The van der Waals surface area contributed by atoms with Gasteiger partial charge in [0.05, 0.1) is 11.1 Å². The Morgan fingerprint density at radius 2 is 1.95 bits per heavy atom. The van der Waals surface area contributed by atoms with Crippen molar-refractivity contribution in [1.29, 1.82) is 0 Å². The van der Waals surface area contributed by atoms with Crippen LogP contribution in [0.4, 0.5) is 11.4 Å². The summed E-state index contributed by atoms with van der Waals surface area (Å²) in [5.74, 6) is -1.11. The van der Waals surface area contributed by atoms with E-state index in [2.05, 4.69) is 10.3 Å². The number of rotatable bonds is 3. The maximum Gasteiger partial charge on any atom is 0.337 e. The van der Waals surface area contributed by atoms with Crippen LogP contribution in [0, 0.1) is 6.92 Å². The number of benzene rings is 2. The zero-order valence-corrected chi connectivity index (χ0v) is 11.8. The largest absolute Gasteiger partial charge is 0.872 e. The lowest BCUT2D eigenvalue weighted by Crippen LogP contribution is -2.02. The maximum atomic E-state index is 11.4. The Labute approximate surface area is 126 Å². The van der Waals surface area contributed by atoms with E-state index in [4.69, 9.17) is 0 Å². The molecule has 0 aliphatic rings. The van der Waals surface area contributed by atoms with Crippen molar-refractivity contribution in [2.24, 2.45) is 0 Å². The normalized spacial score (nSPS) is 10.6. The minimum Gasteiger partial charge on any atom is -0.872 e. The van der Waals surface area contributed by atoms with Crippen LogP contribution in [0.3, 0.4) is 0 Å². The average molecular weight is 293 g/mol. The number of anilines is 2. The zero-order chi connectivity index (χ0) is 15.7. The predicted molar refractivity (Wildman–Crippen MR) is 82.6 cm³/mol. The van der Waals surface area contributed by atoms with Crippen molar-refractivity contribution in [2.45, 2.75) is 6.92 Å². The van der Waals surface area contributed by atoms with E-state index in [1.807, 2.05) is 6.07 Å². The topological polar surface area (TPSA) is 85.3 Å². The number of pyridine rings is 1. The SMILES string of the molecule is Cc1cc(Nc2cccc([O-])c2)c2cccc(C(=O)O)c2n1. The molecule has 3 rings (SSSR count). The van der Waals surface area contributed by atoms with Crippen molar-refractivity contribution < 1.29 is 15.0 Å². The van der Waals surface area contributed by atoms with E-state index in [-0.39, 0.29) is 11.3 Å². The number of para-hydroxylation sites is 1. The third kappa shape index (κ3) is 2.56. The summed E-state index contributed by atoms with van der Waals surface area (Å²) in [5.41, 5.74) is 2.65. The van der Waals surface area contributed by atoms with E-state index in [9.17, 15) is 15.0 Å². The molecule has 0 aliphatic heterocycles. The van der Waals surface area contributed by atoms with Crippen LogP contribution < -0.4 is 10.4 Å². The van der Waals surface area contributed by atoms with Crippen LogP contribution in [0.5, 0.6) is 5.75 Å². The molecule has 3 aromatic rings. The molecule has 0 saturated heterocycles. The highest BCUT2D eigenvalue weighted by Gasteiger charge is 2.12. The number of carboxylic acid groups (broad SMARTS) is 1. The Balaban J connectivity index is 2.17. The van der Waals surface area contributed by atoms with Crippen molar-refractivity contribution in [3.63, 3.8) is 0 Å². The average Bonchev–Trinajstić information content (AvgIpc) is 2.46. The highest BCUT2D eigenvalue weighted by Crippen LogP contribution is 2.29. The van der Waals surface area contributed by atoms with E-state index in [0.29, 0.717) is 22.3 Å². The molecule has 0 aliphatic carbocycles. The quantitative estimate of drug-likeness (QED) is 0.775. The number of nitrogens with zero attached hydrogens (tertiary/aromatic N) is 1. The van der Waals surface area contributed by atoms with Gasteiger partial charge in [0, 0.05) is 22.5 Å². The van der Waals surface area contributed by atoms with Gasteiger partial charge in [-0.3, -0.25) is 4.98 Å². The summed E-state index contributed by atoms with van der Waals surface area (Å²) in [5, 5.41) is 24.6. The van der Waals surface area contributed by atoms with Gasteiger partial charge in [-0.2, -0.15) is 0 Å². The monoisotopic (exact) mass is 293 g/mol. The first kappa shape index (κ1) is 13.9. The van der Waals surface area contributed by atoms with Gasteiger partial charge in [-0.25, -0.2) is 4.79 Å². The number of aryl methyl sites for hydroxylation is 1. The fourth-order valence-electron chi connectivity index (χ4n) is 2.38. The van der Waals surface area contributed by atoms with Crippen molar-refractivity contribution in [3.05, 3.63) is 59.8 Å². The van der Waals surface area contributed by atoms with Crippen LogP contribution in [-0.2, 0) is 0 Å². The molecule has 5 heteroatoms. The van der Waals surface area contributed by atoms with Gasteiger partial charge in [0.2, 0.25) is 0 Å². The second-order valence-corrected chi connectivity index (χ2v) is 4.97. The van der Waals surface area contributed by atoms with E-state index in [1.165, 1.54) is 18.2 Å². The molecule has 5 nitrogen and oxygen atoms in total. The number of hydrogen-bond donors (Lipinski definition) is 2. The molecular weight excluding hydrogens is 280 g/mol. The Bertz CT molecular complexity index is 875. The number of carboxylic acids is 1. The number of aromatic carboxylic acids is 1. The Morgan fingerprint density at radius 1 is 1.18 bits per heavy atom. The Hall–Kier alpha value is -3.08. The van der Waals surface area contributed by atoms with Crippen LogP contribution in [0.25, 0.3) is 10.9 Å². The molecule has 2 aromatic carbocycles. The van der Waals surface area contributed by atoms with Crippen LogP contribution in [0.15, 0.2) is 48.5 Å². The Morgan fingerprint density at radius 3 is 2.68 bits per heavy atom. The number of fused-ring (bicyclic) bond motifs is 1. The van der Waals surface area contributed by atoms with Gasteiger partial charge in [-0.1, -0.05) is 24.3 Å². The third-order valence-electron chi connectivity index (χ3n) is 3.31. The van der Waals surface area contributed by atoms with Gasteiger partial charge in [0.15, 0.2) is 0 Å². The van der Waals surface area contributed by atoms with Crippen LogP contribution in [0.1, 0.15) is 16.1 Å². The number of nitrogens with one attached hydrogen (secondary N) is 1. The summed E-state index contributed by atoms with van der Waals surface area (Å²) in [6.07, 6.45) is 0. The molecule has 0 radical (unpaired) electrons. The smallest absolute Gasteiger partial charge is 0.337 e. The first-order valence-electron chi connectivity index (χ1n) is 6.72. The number of carbonyl (C=O) groups is 1. The summed E-state index contributed by atoms with van der Waals surface area (Å²) in [4.78, 5) is 15.7. The molecule has 0 spiro atoms. The lowest BCUT2D eigenvalue weighted by atomic mass is 10.1. The van der Waals surface area contributed by atoms with Crippen molar-refractivity contribution >= 4 is 28.2 Å². The second-order valence-electron chi connectivity index (χ2n) is 4.97. The fourth-order valence-corrected chi connectivity index (χ4v) is 2.38. The van der Waals surface area contributed by atoms with Crippen molar-refractivity contribution in [2.75, 3.05) is 5.32 Å². The highest BCUT2D eigenvalue weighted by atomic mass is 16.4. The third-order valence-corrected chi connectivity index (χ3v) is 3.31. The molecule has 0 saturated carbocycles. The van der Waals surface area contributed by atoms with E-state index < -0.39 is 5.97 Å². The fraction of sp³-hybridized carbons (Fsp3) is 0.0588. The summed E-state index contributed by atoms with van der Waals surface area (Å²) in [7, 11) is 0. The molecule has 0 unspecified atom stereocenters. The van der Waals surface area contributed by atoms with E-state index in [0.717, 1.165) is 5.69 Å². The molecule has 110 valence electrons. The number of hydrogen-bond acceptors (Lipinski definition) is 4. The molecule has 22 heavy (non-hydrogen) atoms. The minimum absolute atomic E-state index is 0.0914. The predicted octanol–water partition coefficient (Wildman–Crippen LogP) is 3.06. The van der Waals surface area contributed by atoms with E-state index in [1.54, 1.807) is 31.2 Å². The van der Waals surface area contributed by atoms with Gasteiger partial charge in [-0.05, 0) is 31.2 Å². The maximum absolute atomic E-state index is 11.4. The second kappa shape index (κ2) is 5.37. The molecular formula is C17H13N2O3-. The molecule has 1 aromatic heterocycles. The minimum atomic E-state index is -1.02. The number of aromatic nitrogens is 1. The van der Waals surface area contributed by atoms with Gasteiger partial charge >= 0.3 is 5.97 Å². The van der Waals surface area contributed by atoms with Crippen molar-refractivity contribution in [3.8, 4) is 5.75 Å². The van der Waals surface area contributed by atoms with Crippen LogP contribution in [-0.4, -0.2) is 16.1 Å². The van der Waals surface area contributed by atoms with Gasteiger partial charge in [0.1, 0.15) is 0 Å². The molecule has 0 atom stereocenters. The summed E-state index contributed by atoms with van der Waals surface area (Å²) in [6, 6.07) is 13.3. The highest BCUT2D eigenvalue weighted by molar-refractivity contribution is 6.05. The molecule has 0 fully saturated rings. The summed E-state index contributed by atoms with van der Waals surface area (Å²) in [6.45, 7) is 1.80. The standard InChI is InChI=1S/C17H14N2O3/c1-10-8-15(19-11-4-2-5-12(20)9-11)13-6-3-7-14(17(21)22)16(13)18-10/h2-9,20H,1H3,(H,18,19)(H,21,22)/p-1. The molecule has 0 amide bonds. The summed E-state index contributed by atoms with van der Waals surface area (Å²) >= 11 is 0. The lowest BCUT2D eigenvalue weighted by molar-refractivity contribution is -0.268. The Kier molecular flexibility index (Phi) is 3.39. The van der Waals surface area contributed by atoms with Gasteiger partial charge in [0.25, 0.3) is 0 Å². The first-order valence-corrected chi connectivity index (χ1v) is 6.72. The summed E-state index contributed by atoms with van der Waals surface area (Å²) < 4.78 is 0. The van der Waals surface area contributed by atoms with Crippen LogP contribution >= 0.6 is 0 Å².